The van der Waals surface area contributed by atoms with Gasteiger partial charge in [0.05, 0.1) is 12.1 Å². The minimum Gasteiger partial charge on any atom is -0.481 e. The molecule has 2 rings (SSSR count). The molecule has 0 atom stereocenters. The van der Waals surface area contributed by atoms with Crippen molar-refractivity contribution in [1.29, 1.82) is 0 Å². The first kappa shape index (κ1) is 13.4. The Bertz CT molecular complexity index is 684. The molecular formula is C10H8N2O5S2. The maximum Gasteiger partial charge on any atom is 0.352 e. The topological polar surface area (TPSA) is 109 Å². The summed E-state index contributed by atoms with van der Waals surface area (Å²) in [5.41, 5.74) is -0.124. The molecule has 0 radical (unpaired) electrons. The molecule has 0 aromatic carbocycles. The van der Waals surface area contributed by atoms with Crippen LogP contribution in [0.5, 0.6) is 5.19 Å². The number of hydrogen-bond donors (Lipinski definition) is 2. The van der Waals surface area contributed by atoms with E-state index in [2.05, 4.69) is 9.36 Å². The molecule has 2 aromatic rings. The summed E-state index contributed by atoms with van der Waals surface area (Å²) in [6.07, 6.45) is -0.180. The number of thiazole rings is 1. The average Bonchev–Trinajstić information content (AvgIpc) is 2.85. The highest BCUT2D eigenvalue weighted by molar-refractivity contribution is 7.13. The van der Waals surface area contributed by atoms with Crippen molar-refractivity contribution in [2.75, 3.05) is 0 Å². The van der Waals surface area contributed by atoms with Crippen LogP contribution in [0.15, 0.2) is 10.2 Å². The molecule has 100 valence electrons. The number of esters is 1. The third kappa shape index (κ3) is 3.06. The normalized spacial score (nSPS) is 10.4. The van der Waals surface area contributed by atoms with E-state index in [4.69, 9.17) is 9.84 Å². The van der Waals surface area contributed by atoms with Crippen molar-refractivity contribution >= 4 is 34.8 Å². The smallest absolute Gasteiger partial charge is 0.352 e. The van der Waals surface area contributed by atoms with Gasteiger partial charge in [-0.2, -0.15) is 0 Å². The third-order valence-corrected chi connectivity index (χ3v) is 3.85. The molecule has 2 heterocycles. The molecular weight excluding hydrogens is 292 g/mol. The van der Waals surface area contributed by atoms with E-state index >= 15 is 0 Å². The number of carbonyl (C=O) groups excluding carboxylic acids is 1. The number of carbonyl (C=O) groups is 2. The van der Waals surface area contributed by atoms with Gasteiger partial charge in [0.1, 0.15) is 5.56 Å². The highest BCUT2D eigenvalue weighted by atomic mass is 32.1. The van der Waals surface area contributed by atoms with Gasteiger partial charge in [0.15, 0.2) is 0 Å². The lowest BCUT2D eigenvalue weighted by atomic mass is 10.3. The van der Waals surface area contributed by atoms with E-state index in [1.165, 1.54) is 5.38 Å². The molecule has 9 heteroatoms. The number of carboxylic acids is 1. The van der Waals surface area contributed by atoms with Crippen LogP contribution in [0.2, 0.25) is 0 Å². The molecule has 0 aliphatic carbocycles. The lowest BCUT2D eigenvalue weighted by molar-refractivity contribution is -0.136. The van der Waals surface area contributed by atoms with E-state index in [0.717, 1.165) is 22.9 Å². The molecule has 0 unspecified atom stereocenters. The first-order valence-corrected chi connectivity index (χ1v) is 6.73. The number of carboxylic acid groups (broad SMARTS) is 1. The van der Waals surface area contributed by atoms with Crippen molar-refractivity contribution in [2.45, 2.75) is 13.3 Å². The second-order valence-corrected chi connectivity index (χ2v) is 5.25. The summed E-state index contributed by atoms with van der Waals surface area (Å²) >= 11 is 1.96. The number of aromatic nitrogens is 2. The summed E-state index contributed by atoms with van der Waals surface area (Å²) in [5, 5.41) is 10.1. The number of rotatable bonds is 4. The standard InChI is InChI=1S/C10H8N2O5S2/c1-4-6(2-7(13)14)19-10(11-4)17-9(16)5-3-18-12-8(5)15/h3H,2H2,1H3,(H,12,15)(H,13,14). The minimum atomic E-state index is -0.987. The molecule has 0 spiro atoms. The van der Waals surface area contributed by atoms with Crippen LogP contribution < -0.4 is 10.3 Å². The molecule has 0 saturated heterocycles. The van der Waals surface area contributed by atoms with Crippen LogP contribution in [0.25, 0.3) is 0 Å². The van der Waals surface area contributed by atoms with Gasteiger partial charge in [-0.15, -0.1) is 0 Å². The summed E-state index contributed by atoms with van der Waals surface area (Å²) < 4.78 is 7.31. The van der Waals surface area contributed by atoms with E-state index in [9.17, 15) is 14.4 Å². The average molecular weight is 300 g/mol. The molecule has 19 heavy (non-hydrogen) atoms. The van der Waals surface area contributed by atoms with E-state index in [0.29, 0.717) is 10.6 Å². The van der Waals surface area contributed by atoms with Gasteiger partial charge in [0.25, 0.3) is 10.8 Å². The van der Waals surface area contributed by atoms with E-state index < -0.39 is 17.5 Å². The van der Waals surface area contributed by atoms with Gasteiger partial charge in [-0.05, 0) is 6.92 Å². The van der Waals surface area contributed by atoms with Crippen molar-refractivity contribution in [1.82, 2.24) is 9.36 Å². The van der Waals surface area contributed by atoms with Crippen LogP contribution in [-0.2, 0) is 11.2 Å². The number of nitrogens with zero attached hydrogens (tertiary/aromatic N) is 1. The molecule has 0 aliphatic heterocycles. The van der Waals surface area contributed by atoms with Crippen molar-refractivity contribution in [2.24, 2.45) is 0 Å². The fourth-order valence-corrected chi connectivity index (χ4v) is 2.77. The van der Waals surface area contributed by atoms with Crippen LogP contribution >= 0.6 is 22.9 Å². The first-order valence-electron chi connectivity index (χ1n) is 5.04. The van der Waals surface area contributed by atoms with Crippen molar-refractivity contribution in [3.05, 3.63) is 31.9 Å². The molecule has 0 saturated carbocycles. The quantitative estimate of drug-likeness (QED) is 0.817. The van der Waals surface area contributed by atoms with Gasteiger partial charge >= 0.3 is 11.9 Å². The molecule has 2 N–H and O–H groups in total. The van der Waals surface area contributed by atoms with E-state index in [1.807, 2.05) is 0 Å². The summed E-state index contributed by atoms with van der Waals surface area (Å²) in [7, 11) is 0. The maximum absolute atomic E-state index is 11.7. The molecule has 0 bridgehead atoms. The summed E-state index contributed by atoms with van der Waals surface area (Å²) in [6, 6.07) is 0. The number of nitrogens with one attached hydrogen (secondary N) is 1. The second-order valence-electron chi connectivity index (χ2n) is 3.53. The Hall–Kier alpha value is -2.00. The van der Waals surface area contributed by atoms with Gasteiger partial charge in [-0.25, -0.2) is 9.78 Å². The third-order valence-electron chi connectivity index (χ3n) is 2.16. The highest BCUT2D eigenvalue weighted by Crippen LogP contribution is 2.25. The number of H-pyrrole nitrogens is 1. The first-order chi connectivity index (χ1) is 8.97. The highest BCUT2D eigenvalue weighted by Gasteiger charge is 2.18. The van der Waals surface area contributed by atoms with Crippen LogP contribution in [0, 0.1) is 6.92 Å². The summed E-state index contributed by atoms with van der Waals surface area (Å²) in [4.78, 5) is 37.9. The zero-order valence-electron chi connectivity index (χ0n) is 9.63. The Balaban J connectivity index is 2.16. The molecule has 0 aliphatic rings. The number of ether oxygens (including phenoxy) is 1. The fourth-order valence-electron chi connectivity index (χ4n) is 1.27. The molecule has 0 fully saturated rings. The number of aryl methyl sites for hydroxylation is 1. The van der Waals surface area contributed by atoms with Gasteiger partial charge in [-0.1, -0.05) is 22.9 Å². The summed E-state index contributed by atoms with van der Waals surface area (Å²) in [6.45, 7) is 1.63. The van der Waals surface area contributed by atoms with E-state index in [1.54, 1.807) is 6.92 Å². The Kier molecular flexibility index (Phi) is 3.76. The second kappa shape index (κ2) is 5.33. The van der Waals surface area contributed by atoms with Gasteiger partial charge in [0, 0.05) is 10.3 Å². The number of aliphatic carboxylic acids is 1. The zero-order valence-corrected chi connectivity index (χ0v) is 11.3. The Labute approximate surface area is 114 Å². The van der Waals surface area contributed by atoms with Crippen LogP contribution in [0.3, 0.4) is 0 Å². The zero-order chi connectivity index (χ0) is 14.0. The SMILES string of the molecule is Cc1nc(OC(=O)c2cs[nH]c2=O)sc1CC(=O)O. The molecule has 0 amide bonds. The van der Waals surface area contributed by atoms with E-state index in [-0.39, 0.29) is 17.2 Å². The van der Waals surface area contributed by atoms with Crippen molar-refractivity contribution < 1.29 is 19.4 Å². The van der Waals surface area contributed by atoms with Gasteiger partial charge < -0.3 is 9.84 Å². The fraction of sp³-hybridized carbons (Fsp3) is 0.200. The monoisotopic (exact) mass is 300 g/mol. The van der Waals surface area contributed by atoms with Crippen molar-refractivity contribution in [3.63, 3.8) is 0 Å². The predicted molar refractivity (Wildman–Crippen MR) is 68.1 cm³/mol. The van der Waals surface area contributed by atoms with Crippen LogP contribution in [-0.4, -0.2) is 26.4 Å². The number of hydrogen-bond acceptors (Lipinski definition) is 7. The van der Waals surface area contributed by atoms with Gasteiger partial charge in [-0.3, -0.25) is 14.0 Å². The van der Waals surface area contributed by atoms with Crippen LogP contribution in [0.1, 0.15) is 20.9 Å². The Morgan fingerprint density at radius 2 is 2.26 bits per heavy atom. The lowest BCUT2D eigenvalue weighted by Crippen LogP contribution is -2.17. The van der Waals surface area contributed by atoms with Crippen LogP contribution in [0.4, 0.5) is 0 Å². The van der Waals surface area contributed by atoms with Crippen molar-refractivity contribution in [3.8, 4) is 5.19 Å². The van der Waals surface area contributed by atoms with Gasteiger partial charge in [0.2, 0.25) is 0 Å². The maximum atomic E-state index is 11.7. The molecule has 7 nitrogen and oxygen atoms in total. The number of aromatic amines is 1. The lowest BCUT2D eigenvalue weighted by Gasteiger charge is -1.95. The largest absolute Gasteiger partial charge is 0.481 e. The minimum absolute atomic E-state index is 0.0318. The Morgan fingerprint density at radius 1 is 1.53 bits per heavy atom. The predicted octanol–water partition coefficient (Wildman–Crippen LogP) is 1.05. The summed E-state index contributed by atoms with van der Waals surface area (Å²) in [5.74, 6) is -1.79. The Morgan fingerprint density at radius 3 is 2.84 bits per heavy atom. The molecule has 2 aromatic heterocycles.